The molecule has 5 nitrogen and oxygen atoms in total. The second-order valence-corrected chi connectivity index (χ2v) is 4.30. The van der Waals surface area contributed by atoms with Gasteiger partial charge in [0, 0.05) is 7.11 Å². The molecule has 1 saturated heterocycles. The molecule has 1 aliphatic heterocycles. The van der Waals surface area contributed by atoms with Crippen LogP contribution in [-0.2, 0) is 9.53 Å². The molecule has 0 spiro atoms. The molecule has 1 amide bonds. The predicted molar refractivity (Wildman–Crippen MR) is 69.3 cm³/mol. The first-order valence-corrected chi connectivity index (χ1v) is 5.98. The number of aliphatic imine (C=N–C) groups is 1. The lowest BCUT2D eigenvalue weighted by atomic mass is 10.1. The van der Waals surface area contributed by atoms with E-state index < -0.39 is 6.04 Å². The van der Waals surface area contributed by atoms with Gasteiger partial charge in [-0.1, -0.05) is 12.1 Å². The second-order valence-electron chi connectivity index (χ2n) is 4.30. The van der Waals surface area contributed by atoms with E-state index in [1.54, 1.807) is 26.2 Å². The summed E-state index contributed by atoms with van der Waals surface area (Å²) in [6.45, 7) is 2.61. The van der Waals surface area contributed by atoms with Crippen LogP contribution in [0.1, 0.15) is 17.2 Å². The highest BCUT2D eigenvalue weighted by Crippen LogP contribution is 2.19. The molecular weight excluding hydrogens is 249 g/mol. The third-order valence-corrected chi connectivity index (χ3v) is 2.88. The lowest BCUT2D eigenvalue weighted by molar-refractivity contribution is -0.120. The summed E-state index contributed by atoms with van der Waals surface area (Å²) in [5.41, 5.74) is 1.13. The highest BCUT2D eigenvalue weighted by molar-refractivity contribution is 6.06. The van der Waals surface area contributed by atoms with E-state index in [0.717, 1.165) is 0 Å². The monoisotopic (exact) mass is 265 g/mol. The zero-order valence-electron chi connectivity index (χ0n) is 10.9. The number of hydrogen-bond acceptors (Lipinski definition) is 3. The molecule has 6 heteroatoms. The number of nitrogens with one attached hydrogen (secondary N) is 2. The summed E-state index contributed by atoms with van der Waals surface area (Å²) in [5.74, 6) is -0.163. The van der Waals surface area contributed by atoms with Gasteiger partial charge in [-0.25, -0.2) is 4.39 Å². The second kappa shape index (κ2) is 5.79. The van der Waals surface area contributed by atoms with Crippen molar-refractivity contribution in [2.75, 3.05) is 20.3 Å². The van der Waals surface area contributed by atoms with Gasteiger partial charge in [0.1, 0.15) is 11.9 Å². The molecule has 102 valence electrons. The Morgan fingerprint density at radius 2 is 2.26 bits per heavy atom. The minimum absolute atomic E-state index is 0.237. The normalized spacial score (nSPS) is 20.5. The summed E-state index contributed by atoms with van der Waals surface area (Å²) < 4.78 is 18.4. The van der Waals surface area contributed by atoms with Crippen molar-refractivity contribution in [1.29, 1.82) is 0 Å². The summed E-state index contributed by atoms with van der Waals surface area (Å²) in [5, 5.41) is 5.55. The molecule has 1 fully saturated rings. The number of benzene rings is 1. The van der Waals surface area contributed by atoms with Gasteiger partial charge in [-0.2, -0.15) is 0 Å². The molecule has 1 aliphatic rings. The van der Waals surface area contributed by atoms with Gasteiger partial charge in [-0.3, -0.25) is 15.1 Å². The van der Waals surface area contributed by atoms with Crippen LogP contribution in [0, 0.1) is 12.7 Å². The number of ether oxygens (including phenoxy) is 1. The maximum absolute atomic E-state index is 13.5. The predicted octanol–water partition coefficient (Wildman–Crippen LogP) is 0.897. The van der Waals surface area contributed by atoms with E-state index in [1.165, 1.54) is 6.07 Å². The maximum Gasteiger partial charge on any atom is 0.253 e. The minimum Gasteiger partial charge on any atom is -0.383 e. The summed E-state index contributed by atoms with van der Waals surface area (Å²) in [6.07, 6.45) is 0. The molecule has 0 saturated carbocycles. The van der Waals surface area contributed by atoms with E-state index in [1.807, 2.05) is 0 Å². The third kappa shape index (κ3) is 3.08. The summed E-state index contributed by atoms with van der Waals surface area (Å²) in [7, 11) is 1.58. The molecule has 1 aromatic carbocycles. The van der Waals surface area contributed by atoms with E-state index in [0.29, 0.717) is 30.2 Å². The number of rotatable bonds is 4. The van der Waals surface area contributed by atoms with Crippen molar-refractivity contribution >= 4 is 11.9 Å². The Morgan fingerprint density at radius 1 is 1.47 bits per heavy atom. The third-order valence-electron chi connectivity index (χ3n) is 2.88. The number of methoxy groups -OCH3 is 1. The number of carbonyl (C=O) groups excluding carboxylic acids is 1. The van der Waals surface area contributed by atoms with Crippen molar-refractivity contribution in [2.45, 2.75) is 13.0 Å². The van der Waals surface area contributed by atoms with Gasteiger partial charge in [-0.15, -0.1) is 0 Å². The van der Waals surface area contributed by atoms with Gasteiger partial charge < -0.3 is 10.1 Å². The Balaban J connectivity index is 2.11. The first-order valence-electron chi connectivity index (χ1n) is 5.98. The summed E-state index contributed by atoms with van der Waals surface area (Å²) >= 11 is 0. The van der Waals surface area contributed by atoms with Gasteiger partial charge in [0.25, 0.3) is 5.91 Å². The summed E-state index contributed by atoms with van der Waals surface area (Å²) in [6, 6.07) is 4.15. The molecule has 0 radical (unpaired) electrons. The highest BCUT2D eigenvalue weighted by atomic mass is 19.1. The molecule has 0 bridgehead atoms. The molecule has 2 rings (SSSR count). The molecule has 1 heterocycles. The van der Waals surface area contributed by atoms with E-state index >= 15 is 0 Å². The van der Waals surface area contributed by atoms with Crippen molar-refractivity contribution in [1.82, 2.24) is 10.6 Å². The molecule has 1 unspecified atom stereocenters. The smallest absolute Gasteiger partial charge is 0.253 e. The van der Waals surface area contributed by atoms with E-state index in [9.17, 15) is 9.18 Å². The topological polar surface area (TPSA) is 62.7 Å². The van der Waals surface area contributed by atoms with Crippen molar-refractivity contribution < 1.29 is 13.9 Å². The average Bonchev–Trinajstić information content (AvgIpc) is 2.74. The van der Waals surface area contributed by atoms with Crippen LogP contribution in [-0.4, -0.2) is 32.1 Å². The number of halogens is 1. The summed E-state index contributed by atoms with van der Waals surface area (Å²) in [4.78, 5) is 15.9. The molecular formula is C13H16FN3O2. The fraction of sp³-hybridized carbons (Fsp3) is 0.385. The number of nitrogens with zero attached hydrogens (tertiary/aromatic N) is 1. The van der Waals surface area contributed by atoms with Gasteiger partial charge in [0.15, 0.2) is 5.96 Å². The fourth-order valence-electron chi connectivity index (χ4n) is 1.78. The number of aryl methyl sites for hydroxylation is 1. The zero-order chi connectivity index (χ0) is 13.8. The van der Waals surface area contributed by atoms with Crippen LogP contribution in [0.25, 0.3) is 0 Å². The Hall–Kier alpha value is -1.95. The molecule has 0 aromatic heterocycles. The van der Waals surface area contributed by atoms with Gasteiger partial charge in [-0.05, 0) is 24.1 Å². The Labute approximate surface area is 110 Å². The zero-order valence-corrected chi connectivity index (χ0v) is 10.9. The lowest BCUT2D eigenvalue weighted by Crippen LogP contribution is -2.26. The van der Waals surface area contributed by atoms with Crippen LogP contribution in [0.15, 0.2) is 23.2 Å². The molecule has 2 N–H and O–H groups in total. The van der Waals surface area contributed by atoms with Crippen molar-refractivity contribution in [3.8, 4) is 0 Å². The van der Waals surface area contributed by atoms with Crippen LogP contribution in [0.4, 0.5) is 4.39 Å². The number of carbonyl (C=O) groups is 1. The average molecular weight is 265 g/mol. The minimum atomic E-state index is -0.601. The van der Waals surface area contributed by atoms with Gasteiger partial charge in [0.05, 0.1) is 13.2 Å². The van der Waals surface area contributed by atoms with Crippen molar-refractivity contribution in [3.63, 3.8) is 0 Å². The van der Waals surface area contributed by atoms with E-state index in [4.69, 9.17) is 4.74 Å². The lowest BCUT2D eigenvalue weighted by Gasteiger charge is -2.09. The molecule has 1 aromatic rings. The van der Waals surface area contributed by atoms with Crippen molar-refractivity contribution in [2.24, 2.45) is 4.99 Å². The quantitative estimate of drug-likeness (QED) is 0.795. The number of amides is 1. The first kappa shape index (κ1) is 13.5. The van der Waals surface area contributed by atoms with E-state index in [-0.39, 0.29) is 11.7 Å². The van der Waals surface area contributed by atoms with Crippen molar-refractivity contribution in [3.05, 3.63) is 35.1 Å². The Bertz CT molecular complexity index is 517. The van der Waals surface area contributed by atoms with E-state index in [2.05, 4.69) is 15.6 Å². The highest BCUT2D eigenvalue weighted by Gasteiger charge is 2.29. The molecule has 0 aliphatic carbocycles. The van der Waals surface area contributed by atoms with Crippen LogP contribution in [0.5, 0.6) is 0 Å². The Morgan fingerprint density at radius 3 is 2.95 bits per heavy atom. The van der Waals surface area contributed by atoms with Gasteiger partial charge in [0.2, 0.25) is 0 Å². The van der Waals surface area contributed by atoms with Crippen LogP contribution >= 0.6 is 0 Å². The Kier molecular flexibility index (Phi) is 4.11. The van der Waals surface area contributed by atoms with Crippen LogP contribution in [0.3, 0.4) is 0 Å². The fourth-order valence-corrected chi connectivity index (χ4v) is 1.78. The van der Waals surface area contributed by atoms with Crippen LogP contribution in [0.2, 0.25) is 0 Å². The first-order chi connectivity index (χ1) is 9.11. The van der Waals surface area contributed by atoms with Crippen LogP contribution < -0.4 is 10.6 Å². The SMILES string of the molecule is COCCN=C1NC(=O)C(c2ccc(C)c(F)c2)N1. The maximum atomic E-state index is 13.5. The number of hydrogen-bond donors (Lipinski definition) is 2. The van der Waals surface area contributed by atoms with Gasteiger partial charge >= 0.3 is 0 Å². The standard InChI is InChI=1S/C13H16FN3O2/c1-8-3-4-9(7-10(8)14)11-12(18)17-13(16-11)15-5-6-19-2/h3-4,7,11H,5-6H2,1-2H3,(H2,15,16,17,18). The number of guanidine groups is 1. The molecule has 19 heavy (non-hydrogen) atoms. The molecule has 1 atom stereocenters. The largest absolute Gasteiger partial charge is 0.383 e.